The van der Waals surface area contributed by atoms with Crippen molar-refractivity contribution in [3.05, 3.63) is 70.6 Å². The molecule has 0 N–H and O–H groups in total. The molecule has 0 radical (unpaired) electrons. The monoisotopic (exact) mass is 477 g/mol. The van der Waals surface area contributed by atoms with E-state index in [0.717, 1.165) is 30.5 Å². The summed E-state index contributed by atoms with van der Waals surface area (Å²) in [6.45, 7) is 2.98. The molecule has 0 aliphatic carbocycles. The molecule has 0 bridgehead atoms. The highest BCUT2D eigenvalue weighted by Crippen LogP contribution is 2.32. The van der Waals surface area contributed by atoms with Gasteiger partial charge in [-0.2, -0.15) is 5.26 Å². The number of unbranched alkanes of at least 4 members (excludes halogenated alkanes) is 2. The number of para-hydroxylation sites is 1. The highest BCUT2D eigenvalue weighted by atomic mass is 32.2. The highest BCUT2D eigenvalue weighted by Gasteiger charge is 2.31. The molecule has 2 aromatic carbocycles. The molecule has 1 fully saturated rings. The minimum absolute atomic E-state index is 0.0168. The number of rotatable bonds is 10. The van der Waals surface area contributed by atoms with E-state index < -0.39 is 0 Å². The number of benzene rings is 2. The largest absolute Gasteiger partial charge is 0.311 e. The van der Waals surface area contributed by atoms with Crippen LogP contribution in [0, 0.1) is 18.3 Å². The number of amides is 2. The smallest absolute Gasteiger partial charge is 0.266 e. The van der Waals surface area contributed by atoms with Gasteiger partial charge >= 0.3 is 0 Å². The molecule has 0 unspecified atom stereocenters. The Morgan fingerprint density at radius 1 is 1.12 bits per heavy atom. The van der Waals surface area contributed by atoms with Crippen molar-refractivity contribution in [1.29, 1.82) is 5.26 Å². The van der Waals surface area contributed by atoms with Gasteiger partial charge in [0, 0.05) is 25.2 Å². The fourth-order valence-corrected chi connectivity index (χ4v) is 4.84. The van der Waals surface area contributed by atoms with Crippen LogP contribution >= 0.6 is 24.0 Å². The Hall–Kier alpha value is -2.95. The Bertz CT molecular complexity index is 1060. The first kappa shape index (κ1) is 24.7. The van der Waals surface area contributed by atoms with E-state index in [2.05, 4.69) is 6.07 Å². The quantitative estimate of drug-likeness (QED) is 0.249. The van der Waals surface area contributed by atoms with Crippen LogP contribution in [0.4, 0.5) is 5.69 Å². The zero-order valence-corrected chi connectivity index (χ0v) is 20.3. The lowest BCUT2D eigenvalue weighted by molar-refractivity contribution is -0.122. The number of hydrogen-bond acceptors (Lipinski definition) is 5. The number of nitriles is 1. The molecule has 1 saturated heterocycles. The van der Waals surface area contributed by atoms with Crippen LogP contribution in [0.3, 0.4) is 0 Å². The summed E-state index contributed by atoms with van der Waals surface area (Å²) in [6.07, 6.45) is 4.92. The lowest BCUT2D eigenvalue weighted by Crippen LogP contribution is -2.31. The Kier molecular flexibility index (Phi) is 9.23. The van der Waals surface area contributed by atoms with Crippen molar-refractivity contribution >= 4 is 51.9 Å². The minimum atomic E-state index is -0.0478. The van der Waals surface area contributed by atoms with Gasteiger partial charge in [-0.25, -0.2) is 0 Å². The molecule has 1 aliphatic heterocycles. The van der Waals surface area contributed by atoms with E-state index in [1.54, 1.807) is 9.80 Å². The number of carbonyl (C=O) groups excluding carboxylic acids is 2. The summed E-state index contributed by atoms with van der Waals surface area (Å²) in [7, 11) is 0. The van der Waals surface area contributed by atoms with E-state index in [9.17, 15) is 9.59 Å². The van der Waals surface area contributed by atoms with E-state index in [4.69, 9.17) is 17.5 Å². The van der Waals surface area contributed by atoms with Crippen LogP contribution in [-0.2, 0) is 9.59 Å². The van der Waals surface area contributed by atoms with Crippen molar-refractivity contribution in [1.82, 2.24) is 4.90 Å². The third-order valence-corrected chi connectivity index (χ3v) is 6.71. The maximum Gasteiger partial charge on any atom is 0.266 e. The Balaban J connectivity index is 1.46. The molecule has 1 heterocycles. The van der Waals surface area contributed by atoms with Gasteiger partial charge in [-0.3, -0.25) is 14.5 Å². The molecule has 0 saturated carbocycles. The van der Waals surface area contributed by atoms with Crippen LogP contribution in [0.25, 0.3) is 6.08 Å². The molecule has 5 nitrogen and oxygen atoms in total. The van der Waals surface area contributed by atoms with Crippen LogP contribution < -0.4 is 4.90 Å². The van der Waals surface area contributed by atoms with Gasteiger partial charge in [-0.05, 0) is 43.5 Å². The molecule has 0 aromatic heterocycles. The average molecular weight is 478 g/mol. The summed E-state index contributed by atoms with van der Waals surface area (Å²) in [5.74, 6) is -0.0310. The molecule has 1 aliphatic rings. The topological polar surface area (TPSA) is 64.4 Å². The molecule has 0 spiro atoms. The Morgan fingerprint density at radius 3 is 2.55 bits per heavy atom. The second-order valence-electron chi connectivity index (χ2n) is 7.84. The van der Waals surface area contributed by atoms with E-state index in [1.165, 1.54) is 17.3 Å². The van der Waals surface area contributed by atoms with Gasteiger partial charge in [0.05, 0.1) is 17.4 Å². The standard InChI is InChI=1S/C26H27N3O2S2/c1-20-12-14-21(15-13-20)19-23-25(31)29(26(32)33-23)17-7-3-6-11-24(30)28(18-8-16-27)22-9-4-2-5-10-22/h2,4-5,9-10,12-15,19H,3,6-8,11,17-18H2,1H3/b23-19-. The molecule has 2 amide bonds. The normalized spacial score (nSPS) is 14.5. The molecule has 2 aromatic rings. The minimum Gasteiger partial charge on any atom is -0.311 e. The number of thiocarbonyl (C=S) groups is 1. The van der Waals surface area contributed by atoms with E-state index in [1.807, 2.05) is 67.6 Å². The lowest BCUT2D eigenvalue weighted by Gasteiger charge is -2.22. The second kappa shape index (κ2) is 12.3. The molecular weight excluding hydrogens is 450 g/mol. The second-order valence-corrected chi connectivity index (χ2v) is 9.52. The van der Waals surface area contributed by atoms with Crippen molar-refractivity contribution in [2.24, 2.45) is 0 Å². The molecule has 7 heteroatoms. The van der Waals surface area contributed by atoms with E-state index in [-0.39, 0.29) is 11.8 Å². The first-order valence-corrected chi connectivity index (χ1v) is 12.3. The number of anilines is 1. The van der Waals surface area contributed by atoms with Crippen molar-refractivity contribution in [2.45, 2.75) is 39.0 Å². The first-order valence-electron chi connectivity index (χ1n) is 11.0. The summed E-state index contributed by atoms with van der Waals surface area (Å²) in [6, 6.07) is 19.6. The van der Waals surface area contributed by atoms with Gasteiger partial charge in [-0.1, -0.05) is 78.4 Å². The Morgan fingerprint density at radius 2 is 1.85 bits per heavy atom. The molecule has 3 rings (SSSR count). The highest BCUT2D eigenvalue weighted by molar-refractivity contribution is 8.26. The fourth-order valence-electron chi connectivity index (χ4n) is 3.53. The maximum absolute atomic E-state index is 12.8. The zero-order valence-electron chi connectivity index (χ0n) is 18.7. The molecular formula is C26H27N3O2S2. The van der Waals surface area contributed by atoms with E-state index in [0.29, 0.717) is 35.2 Å². The third-order valence-electron chi connectivity index (χ3n) is 5.34. The lowest BCUT2D eigenvalue weighted by atomic mass is 10.1. The predicted octanol–water partition coefficient (Wildman–Crippen LogP) is 5.70. The van der Waals surface area contributed by atoms with Crippen LogP contribution in [0.15, 0.2) is 59.5 Å². The van der Waals surface area contributed by atoms with Crippen molar-refractivity contribution in [2.75, 3.05) is 18.0 Å². The number of thioether (sulfide) groups is 1. The summed E-state index contributed by atoms with van der Waals surface area (Å²) in [5.41, 5.74) is 2.98. The fraction of sp³-hybridized carbons (Fsp3) is 0.308. The molecule has 0 atom stereocenters. The number of aryl methyl sites for hydroxylation is 1. The first-order chi connectivity index (χ1) is 16.0. The summed E-state index contributed by atoms with van der Waals surface area (Å²) < 4.78 is 0.584. The SMILES string of the molecule is Cc1ccc(/C=C2\SC(=S)N(CCCCCC(=O)N(CCC#N)c3ccccc3)C2=O)cc1. The van der Waals surface area contributed by atoms with Crippen LogP contribution in [0.1, 0.15) is 43.2 Å². The maximum atomic E-state index is 12.8. The average Bonchev–Trinajstić information content (AvgIpc) is 3.08. The van der Waals surface area contributed by atoms with Gasteiger partial charge < -0.3 is 4.90 Å². The number of nitrogens with zero attached hydrogens (tertiary/aromatic N) is 3. The van der Waals surface area contributed by atoms with Gasteiger partial charge in [0.2, 0.25) is 5.91 Å². The van der Waals surface area contributed by atoms with Gasteiger partial charge in [0.25, 0.3) is 5.91 Å². The van der Waals surface area contributed by atoms with Crippen LogP contribution in [0.5, 0.6) is 0 Å². The molecule has 170 valence electrons. The van der Waals surface area contributed by atoms with Crippen molar-refractivity contribution < 1.29 is 9.59 Å². The molecule has 33 heavy (non-hydrogen) atoms. The zero-order chi connectivity index (χ0) is 23.6. The number of carbonyl (C=O) groups is 2. The number of hydrogen-bond donors (Lipinski definition) is 0. The van der Waals surface area contributed by atoms with Crippen LogP contribution in [-0.4, -0.2) is 34.1 Å². The van der Waals surface area contributed by atoms with Gasteiger partial charge in [0.15, 0.2) is 0 Å². The van der Waals surface area contributed by atoms with Crippen molar-refractivity contribution in [3.63, 3.8) is 0 Å². The predicted molar refractivity (Wildman–Crippen MR) is 139 cm³/mol. The van der Waals surface area contributed by atoms with E-state index >= 15 is 0 Å². The van der Waals surface area contributed by atoms with Crippen LogP contribution in [0.2, 0.25) is 0 Å². The van der Waals surface area contributed by atoms with Gasteiger partial charge in [-0.15, -0.1) is 0 Å². The van der Waals surface area contributed by atoms with Crippen molar-refractivity contribution in [3.8, 4) is 6.07 Å². The Labute approximate surface area is 205 Å². The van der Waals surface area contributed by atoms with Gasteiger partial charge in [0.1, 0.15) is 4.32 Å². The summed E-state index contributed by atoms with van der Waals surface area (Å²) in [4.78, 5) is 29.5. The summed E-state index contributed by atoms with van der Waals surface area (Å²) >= 11 is 6.76. The summed E-state index contributed by atoms with van der Waals surface area (Å²) in [5, 5.41) is 8.91. The third kappa shape index (κ3) is 7.01.